The largest absolute Gasteiger partial charge is 0.391 e. The molecule has 6 nitrogen and oxygen atoms in total. The first-order chi connectivity index (χ1) is 10.9. The molecule has 1 aromatic rings. The minimum atomic E-state index is -4.17. The smallest absolute Gasteiger partial charge is 0.337 e. The van der Waals surface area contributed by atoms with Crippen molar-refractivity contribution in [1.29, 1.82) is 0 Å². The quantitative estimate of drug-likeness (QED) is 0.894. The third kappa shape index (κ3) is 3.65. The molecular weight excluding hydrogens is 311 g/mol. The van der Waals surface area contributed by atoms with Gasteiger partial charge in [-0.3, -0.25) is 4.79 Å². The zero-order valence-electron chi connectivity index (χ0n) is 12.7. The molecule has 2 saturated heterocycles. The number of hydrogen-bond acceptors (Lipinski definition) is 4. The second-order valence-corrected chi connectivity index (χ2v) is 6.17. The molecule has 128 valence electrons. The molecule has 1 N–H and O–H groups in total. The van der Waals surface area contributed by atoms with Gasteiger partial charge in [0.15, 0.2) is 5.69 Å². The van der Waals surface area contributed by atoms with Crippen LogP contribution in [0.2, 0.25) is 0 Å². The average Bonchev–Trinajstić information content (AvgIpc) is 3.04. The summed E-state index contributed by atoms with van der Waals surface area (Å²) in [6.07, 6.45) is -0.793. The molecule has 0 aromatic carbocycles. The Bertz CT molecular complexity index is 545. The lowest BCUT2D eigenvalue weighted by Gasteiger charge is -2.32. The van der Waals surface area contributed by atoms with E-state index in [1.54, 1.807) is 10.9 Å². The number of carbonyl (C=O) groups is 1. The van der Waals surface area contributed by atoms with Crippen molar-refractivity contribution in [2.75, 3.05) is 26.2 Å². The molecule has 23 heavy (non-hydrogen) atoms. The van der Waals surface area contributed by atoms with E-state index in [1.807, 2.05) is 0 Å². The molecule has 2 fully saturated rings. The summed E-state index contributed by atoms with van der Waals surface area (Å²) < 4.78 is 39.7. The van der Waals surface area contributed by atoms with Crippen molar-refractivity contribution in [3.63, 3.8) is 0 Å². The van der Waals surface area contributed by atoms with Crippen LogP contribution in [0.5, 0.6) is 0 Å². The van der Waals surface area contributed by atoms with Crippen LogP contribution in [-0.2, 0) is 0 Å². The maximum Gasteiger partial charge on any atom is 0.391 e. The maximum atomic E-state index is 12.7. The summed E-state index contributed by atoms with van der Waals surface area (Å²) in [5.74, 6) is -1.64. The minimum absolute atomic E-state index is 0.0440. The van der Waals surface area contributed by atoms with Crippen molar-refractivity contribution in [3.8, 4) is 0 Å². The number of halogens is 3. The highest BCUT2D eigenvalue weighted by atomic mass is 19.4. The molecular formula is C14H20F3N5O. The van der Waals surface area contributed by atoms with Gasteiger partial charge >= 0.3 is 6.18 Å². The number of likely N-dealkylation sites (tertiary alicyclic amines) is 1. The normalized spacial score (nSPS) is 21.6. The topological polar surface area (TPSA) is 63.1 Å². The summed E-state index contributed by atoms with van der Waals surface area (Å²) in [6.45, 7) is 2.03. The molecule has 2 aliphatic rings. The summed E-state index contributed by atoms with van der Waals surface area (Å²) in [5.41, 5.74) is 0.217. The molecule has 3 rings (SSSR count). The third-order valence-electron chi connectivity index (χ3n) is 4.66. The van der Waals surface area contributed by atoms with Gasteiger partial charge in [-0.15, -0.1) is 5.10 Å². The maximum absolute atomic E-state index is 12.7. The fraction of sp³-hybridized carbons (Fsp3) is 0.786. The predicted octanol–water partition coefficient (Wildman–Crippen LogP) is 1.62. The van der Waals surface area contributed by atoms with Crippen LogP contribution in [-0.4, -0.2) is 58.2 Å². The number of nitrogens with one attached hydrogen (secondary N) is 1. The number of nitrogens with zero attached hydrogens (tertiary/aromatic N) is 4. The number of hydrogen-bond donors (Lipinski definition) is 1. The zero-order chi connectivity index (χ0) is 16.4. The Morgan fingerprint density at radius 1 is 1.17 bits per heavy atom. The number of aromatic nitrogens is 3. The van der Waals surface area contributed by atoms with Crippen LogP contribution in [0.25, 0.3) is 0 Å². The van der Waals surface area contributed by atoms with E-state index in [1.165, 1.54) is 4.90 Å². The van der Waals surface area contributed by atoms with E-state index in [2.05, 4.69) is 15.6 Å². The highest BCUT2D eigenvalue weighted by Crippen LogP contribution is 2.34. The van der Waals surface area contributed by atoms with Gasteiger partial charge in [-0.2, -0.15) is 13.2 Å². The van der Waals surface area contributed by atoms with Crippen LogP contribution in [0, 0.1) is 5.92 Å². The highest BCUT2D eigenvalue weighted by Gasteiger charge is 2.42. The van der Waals surface area contributed by atoms with Crippen molar-refractivity contribution in [2.45, 2.75) is 37.9 Å². The summed E-state index contributed by atoms with van der Waals surface area (Å²) in [4.78, 5) is 13.8. The van der Waals surface area contributed by atoms with E-state index >= 15 is 0 Å². The fourth-order valence-corrected chi connectivity index (χ4v) is 3.20. The summed E-state index contributed by atoms with van der Waals surface area (Å²) in [5, 5.41) is 11.2. The first kappa shape index (κ1) is 16.2. The molecule has 0 spiro atoms. The van der Waals surface area contributed by atoms with Gasteiger partial charge < -0.3 is 10.2 Å². The van der Waals surface area contributed by atoms with Crippen molar-refractivity contribution in [3.05, 3.63) is 11.9 Å². The SMILES string of the molecule is O=C(c1cn(C2CCNCC2)nn1)N1CCC(C(F)(F)F)CC1. The zero-order valence-corrected chi connectivity index (χ0v) is 12.7. The summed E-state index contributed by atoms with van der Waals surface area (Å²) in [7, 11) is 0. The van der Waals surface area contributed by atoms with Gasteiger partial charge in [-0.05, 0) is 38.8 Å². The number of alkyl halides is 3. The van der Waals surface area contributed by atoms with Crippen LogP contribution in [0.4, 0.5) is 13.2 Å². The van der Waals surface area contributed by atoms with Crippen molar-refractivity contribution < 1.29 is 18.0 Å². The van der Waals surface area contributed by atoms with Gasteiger partial charge in [0.05, 0.1) is 18.2 Å². The Balaban J connectivity index is 1.60. The van der Waals surface area contributed by atoms with Crippen LogP contribution >= 0.6 is 0 Å². The van der Waals surface area contributed by atoms with E-state index in [-0.39, 0.29) is 43.6 Å². The summed E-state index contributed by atoms with van der Waals surface area (Å²) in [6, 6.07) is 0.223. The van der Waals surface area contributed by atoms with E-state index in [0.717, 1.165) is 25.9 Å². The summed E-state index contributed by atoms with van der Waals surface area (Å²) >= 11 is 0. The monoisotopic (exact) mass is 331 g/mol. The van der Waals surface area contributed by atoms with Gasteiger partial charge in [0.1, 0.15) is 0 Å². The van der Waals surface area contributed by atoms with E-state index < -0.39 is 12.1 Å². The van der Waals surface area contributed by atoms with Gasteiger partial charge in [-0.25, -0.2) is 4.68 Å². The van der Waals surface area contributed by atoms with Gasteiger partial charge in [-0.1, -0.05) is 5.21 Å². The minimum Gasteiger partial charge on any atom is -0.337 e. The van der Waals surface area contributed by atoms with Crippen LogP contribution in [0.3, 0.4) is 0 Å². The Morgan fingerprint density at radius 2 is 1.83 bits per heavy atom. The standard InChI is InChI=1S/C14H20F3N5O/c15-14(16,17)10-3-7-21(8-4-10)13(23)12-9-22(20-19-12)11-1-5-18-6-2-11/h9-11,18H,1-8H2. The lowest BCUT2D eigenvalue weighted by molar-refractivity contribution is -0.183. The molecule has 9 heteroatoms. The van der Waals surface area contributed by atoms with Crippen LogP contribution < -0.4 is 5.32 Å². The molecule has 0 saturated carbocycles. The molecule has 0 bridgehead atoms. The first-order valence-electron chi connectivity index (χ1n) is 7.93. The first-order valence-corrected chi connectivity index (χ1v) is 7.93. The Kier molecular flexibility index (Phi) is 4.56. The van der Waals surface area contributed by atoms with Crippen LogP contribution in [0.15, 0.2) is 6.20 Å². The molecule has 2 aliphatic heterocycles. The van der Waals surface area contributed by atoms with Crippen LogP contribution in [0.1, 0.15) is 42.2 Å². The van der Waals surface area contributed by atoms with Gasteiger partial charge in [0.2, 0.25) is 0 Å². The lowest BCUT2D eigenvalue weighted by Crippen LogP contribution is -2.42. The Hall–Kier alpha value is -1.64. The van der Waals surface area contributed by atoms with E-state index in [0.29, 0.717) is 0 Å². The van der Waals surface area contributed by atoms with E-state index in [4.69, 9.17) is 0 Å². The number of piperidine rings is 2. The second-order valence-electron chi connectivity index (χ2n) is 6.17. The third-order valence-corrected chi connectivity index (χ3v) is 4.66. The van der Waals surface area contributed by atoms with Crippen molar-refractivity contribution in [2.24, 2.45) is 5.92 Å². The number of carbonyl (C=O) groups excluding carboxylic acids is 1. The fourth-order valence-electron chi connectivity index (χ4n) is 3.20. The van der Waals surface area contributed by atoms with Gasteiger partial charge in [0, 0.05) is 13.1 Å². The molecule has 1 aromatic heterocycles. The Morgan fingerprint density at radius 3 is 2.43 bits per heavy atom. The lowest BCUT2D eigenvalue weighted by atomic mass is 9.96. The van der Waals surface area contributed by atoms with Crippen molar-refractivity contribution in [1.82, 2.24) is 25.2 Å². The second kappa shape index (κ2) is 6.46. The average molecular weight is 331 g/mol. The van der Waals surface area contributed by atoms with Gasteiger partial charge in [0.25, 0.3) is 5.91 Å². The van der Waals surface area contributed by atoms with E-state index in [9.17, 15) is 18.0 Å². The molecule has 0 atom stereocenters. The Labute approximate surface area is 132 Å². The number of rotatable bonds is 2. The van der Waals surface area contributed by atoms with Crippen molar-refractivity contribution >= 4 is 5.91 Å². The highest BCUT2D eigenvalue weighted by molar-refractivity contribution is 5.92. The molecule has 3 heterocycles. The molecule has 0 radical (unpaired) electrons. The number of amides is 1. The molecule has 0 unspecified atom stereocenters. The molecule has 0 aliphatic carbocycles. The molecule has 1 amide bonds. The predicted molar refractivity (Wildman–Crippen MR) is 75.8 cm³/mol.